The van der Waals surface area contributed by atoms with Crippen molar-refractivity contribution in [1.82, 2.24) is 14.8 Å². The van der Waals surface area contributed by atoms with Crippen molar-refractivity contribution in [1.29, 1.82) is 0 Å². The monoisotopic (exact) mass is 485 g/mol. The van der Waals surface area contributed by atoms with Gasteiger partial charge < -0.3 is 19.2 Å². The van der Waals surface area contributed by atoms with Gasteiger partial charge in [-0.25, -0.2) is 0 Å². The summed E-state index contributed by atoms with van der Waals surface area (Å²) in [5.41, 5.74) is 5.07. The molecular formula is C27H36ClN3O3. The number of benzene rings is 2. The van der Waals surface area contributed by atoms with Crippen LogP contribution in [0.3, 0.4) is 0 Å². The van der Waals surface area contributed by atoms with Crippen LogP contribution in [0, 0.1) is 0 Å². The Balaban J connectivity index is 1.38. The van der Waals surface area contributed by atoms with E-state index in [4.69, 9.17) is 25.8 Å². The van der Waals surface area contributed by atoms with E-state index >= 15 is 0 Å². The highest BCUT2D eigenvalue weighted by Gasteiger charge is 2.29. The Morgan fingerprint density at radius 2 is 1.74 bits per heavy atom. The summed E-state index contributed by atoms with van der Waals surface area (Å²) in [7, 11) is 5.66. The van der Waals surface area contributed by atoms with Crippen molar-refractivity contribution in [3.63, 3.8) is 0 Å². The Hall–Kier alpha value is -2.09. The van der Waals surface area contributed by atoms with Crippen LogP contribution in [0.4, 0.5) is 0 Å². The highest BCUT2D eigenvalue weighted by atomic mass is 35.5. The Morgan fingerprint density at radius 1 is 1.00 bits per heavy atom. The van der Waals surface area contributed by atoms with Gasteiger partial charge in [0.05, 0.1) is 25.9 Å². The van der Waals surface area contributed by atoms with E-state index in [9.17, 15) is 0 Å². The molecule has 0 fully saturated rings. The quantitative estimate of drug-likeness (QED) is 0.375. The minimum Gasteiger partial charge on any atom is -0.494 e. The van der Waals surface area contributed by atoms with Crippen LogP contribution in [0.25, 0.3) is 10.9 Å². The fourth-order valence-corrected chi connectivity index (χ4v) is 4.98. The standard InChI is InChI=1S/C27H36ClN3O3/c1-30-13-11-23-24-19-21(28)7-10-25(24)29-26(23)27(30)20-5-8-22(9-6-20)34-16-4-12-31(14-17-32-2)15-18-33-3/h5-10,19,27,29H,4,11-18H2,1-3H3. The minimum atomic E-state index is 0.194. The first-order valence-electron chi connectivity index (χ1n) is 12.0. The van der Waals surface area contributed by atoms with Crippen LogP contribution in [-0.4, -0.2) is 82.1 Å². The average Bonchev–Trinajstić information content (AvgIpc) is 3.21. The van der Waals surface area contributed by atoms with Gasteiger partial charge in [-0.3, -0.25) is 9.80 Å². The number of nitrogens with zero attached hydrogens (tertiary/aromatic N) is 2. The van der Waals surface area contributed by atoms with Crippen molar-refractivity contribution in [3.05, 3.63) is 64.3 Å². The van der Waals surface area contributed by atoms with Crippen molar-refractivity contribution in [2.45, 2.75) is 18.9 Å². The first-order valence-corrected chi connectivity index (χ1v) is 12.4. The molecule has 1 aromatic heterocycles. The third kappa shape index (κ3) is 5.93. The SMILES string of the molecule is COCCN(CCCOc1ccc(C2c3[nH]c4ccc(Cl)cc4c3CCN2C)cc1)CCOC. The molecule has 3 aromatic rings. The number of aromatic nitrogens is 1. The lowest BCUT2D eigenvalue weighted by Gasteiger charge is -2.33. The van der Waals surface area contributed by atoms with Crippen molar-refractivity contribution in [2.75, 3.05) is 67.3 Å². The number of fused-ring (bicyclic) bond motifs is 3. The summed E-state index contributed by atoms with van der Waals surface area (Å²) in [5, 5.41) is 2.03. The van der Waals surface area contributed by atoms with Crippen LogP contribution in [0.5, 0.6) is 5.75 Å². The van der Waals surface area contributed by atoms with E-state index < -0.39 is 0 Å². The third-order valence-corrected chi connectivity index (χ3v) is 6.87. The highest BCUT2D eigenvalue weighted by molar-refractivity contribution is 6.31. The summed E-state index contributed by atoms with van der Waals surface area (Å²) in [5.74, 6) is 0.909. The Labute approximate surface area is 207 Å². The Bertz CT molecular complexity index is 1050. The lowest BCUT2D eigenvalue weighted by Crippen LogP contribution is -2.32. The van der Waals surface area contributed by atoms with Gasteiger partial charge in [-0.1, -0.05) is 23.7 Å². The van der Waals surface area contributed by atoms with E-state index in [-0.39, 0.29) is 6.04 Å². The average molecular weight is 486 g/mol. The molecule has 0 amide bonds. The zero-order valence-electron chi connectivity index (χ0n) is 20.5. The van der Waals surface area contributed by atoms with Gasteiger partial charge in [-0.05, 0) is 61.3 Å². The number of H-pyrrole nitrogens is 1. The maximum absolute atomic E-state index is 6.28. The van der Waals surface area contributed by atoms with E-state index in [1.807, 2.05) is 6.07 Å². The topological polar surface area (TPSA) is 50.0 Å². The molecule has 0 radical (unpaired) electrons. The number of halogens is 1. The van der Waals surface area contributed by atoms with E-state index in [2.05, 4.69) is 58.2 Å². The Kier molecular flexibility index (Phi) is 8.86. The van der Waals surface area contributed by atoms with E-state index in [1.165, 1.54) is 22.2 Å². The number of rotatable bonds is 12. The molecule has 1 aliphatic rings. The number of methoxy groups -OCH3 is 2. The van der Waals surface area contributed by atoms with E-state index in [0.717, 1.165) is 68.5 Å². The van der Waals surface area contributed by atoms with Gasteiger partial charge in [-0.15, -0.1) is 0 Å². The molecule has 184 valence electrons. The molecule has 34 heavy (non-hydrogen) atoms. The van der Waals surface area contributed by atoms with Crippen LogP contribution in [0.15, 0.2) is 42.5 Å². The number of nitrogens with one attached hydrogen (secondary N) is 1. The summed E-state index contributed by atoms with van der Waals surface area (Å²) in [4.78, 5) is 8.42. The largest absolute Gasteiger partial charge is 0.494 e. The van der Waals surface area contributed by atoms with Crippen molar-refractivity contribution in [2.24, 2.45) is 0 Å². The molecule has 0 bridgehead atoms. The molecule has 4 rings (SSSR count). The second kappa shape index (κ2) is 12.0. The second-order valence-electron chi connectivity index (χ2n) is 8.94. The lowest BCUT2D eigenvalue weighted by atomic mass is 9.93. The number of ether oxygens (including phenoxy) is 3. The van der Waals surface area contributed by atoms with Crippen LogP contribution in [0.1, 0.15) is 29.3 Å². The van der Waals surface area contributed by atoms with Crippen LogP contribution in [-0.2, 0) is 15.9 Å². The summed E-state index contributed by atoms with van der Waals surface area (Å²) >= 11 is 6.28. The molecule has 0 aliphatic carbocycles. The van der Waals surface area contributed by atoms with Gasteiger partial charge in [0.1, 0.15) is 5.75 Å². The zero-order chi connectivity index (χ0) is 23.9. The van der Waals surface area contributed by atoms with Crippen molar-refractivity contribution >= 4 is 22.5 Å². The summed E-state index contributed by atoms with van der Waals surface area (Å²) in [6.45, 7) is 5.94. The number of hydrogen-bond donors (Lipinski definition) is 1. The van der Waals surface area contributed by atoms with Gasteiger partial charge in [0.2, 0.25) is 0 Å². The molecule has 0 saturated carbocycles. The summed E-state index contributed by atoms with van der Waals surface area (Å²) in [6, 6.07) is 14.9. The summed E-state index contributed by atoms with van der Waals surface area (Å²) < 4.78 is 16.5. The van der Waals surface area contributed by atoms with Gasteiger partial charge >= 0.3 is 0 Å². The van der Waals surface area contributed by atoms with Crippen molar-refractivity contribution in [3.8, 4) is 5.75 Å². The van der Waals surface area contributed by atoms with Gasteiger partial charge in [-0.2, -0.15) is 0 Å². The summed E-state index contributed by atoms with van der Waals surface area (Å²) in [6.07, 6.45) is 1.98. The molecule has 2 aromatic carbocycles. The van der Waals surface area contributed by atoms with Gasteiger partial charge in [0, 0.05) is 62.0 Å². The van der Waals surface area contributed by atoms with Gasteiger partial charge in [0.25, 0.3) is 0 Å². The smallest absolute Gasteiger partial charge is 0.119 e. The fourth-order valence-electron chi connectivity index (χ4n) is 4.80. The fraction of sp³-hybridized carbons (Fsp3) is 0.481. The van der Waals surface area contributed by atoms with E-state index in [0.29, 0.717) is 6.61 Å². The van der Waals surface area contributed by atoms with Crippen LogP contribution >= 0.6 is 11.6 Å². The first kappa shape index (κ1) is 25.0. The van der Waals surface area contributed by atoms with Crippen molar-refractivity contribution < 1.29 is 14.2 Å². The van der Waals surface area contributed by atoms with Crippen LogP contribution < -0.4 is 4.74 Å². The first-order chi connectivity index (χ1) is 16.6. The number of likely N-dealkylation sites (N-methyl/N-ethyl adjacent to an activating group) is 1. The molecule has 2 heterocycles. The Morgan fingerprint density at radius 3 is 2.44 bits per heavy atom. The molecule has 0 saturated heterocycles. The van der Waals surface area contributed by atoms with Gasteiger partial charge in [0.15, 0.2) is 0 Å². The minimum absolute atomic E-state index is 0.194. The third-order valence-electron chi connectivity index (χ3n) is 6.64. The molecule has 1 unspecified atom stereocenters. The van der Waals surface area contributed by atoms with Crippen LogP contribution in [0.2, 0.25) is 5.02 Å². The predicted octanol–water partition coefficient (Wildman–Crippen LogP) is 4.76. The maximum atomic E-state index is 6.28. The molecule has 1 atom stereocenters. The maximum Gasteiger partial charge on any atom is 0.119 e. The molecule has 6 nitrogen and oxygen atoms in total. The number of aromatic amines is 1. The van der Waals surface area contributed by atoms with E-state index in [1.54, 1.807) is 14.2 Å². The lowest BCUT2D eigenvalue weighted by molar-refractivity contribution is 0.110. The predicted molar refractivity (Wildman–Crippen MR) is 138 cm³/mol. The number of hydrogen-bond acceptors (Lipinski definition) is 5. The molecule has 7 heteroatoms. The highest BCUT2D eigenvalue weighted by Crippen LogP contribution is 2.38. The molecule has 1 N–H and O–H groups in total. The molecule has 1 aliphatic heterocycles. The molecular weight excluding hydrogens is 450 g/mol. The molecule has 0 spiro atoms. The second-order valence-corrected chi connectivity index (χ2v) is 9.38. The normalized spacial score (nSPS) is 16.3. The zero-order valence-corrected chi connectivity index (χ0v) is 21.2.